The van der Waals surface area contributed by atoms with E-state index in [-0.39, 0.29) is 12.6 Å². The molecular formula is C19H21Cl2N3O3. The maximum Gasteiger partial charge on any atom is 0.407 e. The van der Waals surface area contributed by atoms with Gasteiger partial charge >= 0.3 is 6.09 Å². The van der Waals surface area contributed by atoms with Crippen LogP contribution in [0.5, 0.6) is 5.75 Å². The predicted octanol–water partition coefficient (Wildman–Crippen LogP) is 4.69. The van der Waals surface area contributed by atoms with E-state index in [0.29, 0.717) is 22.3 Å². The lowest BCUT2D eigenvalue weighted by molar-refractivity contribution is 0.0493. The summed E-state index contributed by atoms with van der Waals surface area (Å²) < 4.78 is 12.9. The number of carbonyl (C=O) groups excluding carboxylic acids is 1. The van der Waals surface area contributed by atoms with Gasteiger partial charge < -0.3 is 19.4 Å². The summed E-state index contributed by atoms with van der Waals surface area (Å²) >= 11 is 12.7. The van der Waals surface area contributed by atoms with Gasteiger partial charge in [-0.1, -0.05) is 23.2 Å². The molecule has 0 radical (unpaired) electrons. The first-order valence-electron chi connectivity index (χ1n) is 8.69. The van der Waals surface area contributed by atoms with Crippen molar-refractivity contribution in [3.05, 3.63) is 27.9 Å². The van der Waals surface area contributed by atoms with E-state index in [0.717, 1.165) is 29.4 Å². The van der Waals surface area contributed by atoms with Crippen molar-refractivity contribution in [3.63, 3.8) is 0 Å². The van der Waals surface area contributed by atoms with Crippen LogP contribution < -0.4 is 10.1 Å². The first-order chi connectivity index (χ1) is 12.7. The van der Waals surface area contributed by atoms with Gasteiger partial charge in [0.05, 0.1) is 21.6 Å². The minimum Gasteiger partial charge on any atom is -0.478 e. The molecule has 1 atom stereocenters. The van der Waals surface area contributed by atoms with E-state index in [2.05, 4.69) is 5.32 Å². The van der Waals surface area contributed by atoms with Crippen LogP contribution in [0.2, 0.25) is 10.0 Å². The summed E-state index contributed by atoms with van der Waals surface area (Å²) in [6.45, 7) is 5.97. The van der Waals surface area contributed by atoms with Crippen LogP contribution in [0.4, 0.5) is 4.79 Å². The lowest BCUT2D eigenvalue weighted by Gasteiger charge is -2.28. The summed E-state index contributed by atoms with van der Waals surface area (Å²) in [5.74, 6) is 0.527. The number of amides is 1. The number of rotatable bonds is 3. The van der Waals surface area contributed by atoms with Crippen LogP contribution in [-0.2, 0) is 17.7 Å². The Morgan fingerprint density at radius 1 is 1.41 bits per heavy atom. The van der Waals surface area contributed by atoms with Crippen LogP contribution in [0, 0.1) is 11.3 Å². The summed E-state index contributed by atoms with van der Waals surface area (Å²) in [4.78, 5) is 12.1. The number of aryl methyl sites for hydroxylation is 1. The lowest BCUT2D eigenvalue weighted by Crippen LogP contribution is -2.43. The zero-order valence-electron chi connectivity index (χ0n) is 15.4. The number of carbonyl (C=O) groups is 1. The Labute approximate surface area is 167 Å². The standard InChI is InChI=1S/C19H21Cl2N3O3/c1-19(2,3)27-18(25)23-11-4-5-12-8-13-15(26-7-6-22)9-14(20)16(21)17(13)24(12)10-11/h8-9,11H,4-5,7,10H2,1-3H3,(H,23,25). The van der Waals surface area contributed by atoms with Crippen LogP contribution in [-0.4, -0.2) is 28.9 Å². The van der Waals surface area contributed by atoms with Gasteiger partial charge in [-0.2, -0.15) is 5.26 Å². The third kappa shape index (κ3) is 4.26. The second-order valence-corrected chi connectivity index (χ2v) is 8.29. The third-order valence-electron chi connectivity index (χ3n) is 4.29. The van der Waals surface area contributed by atoms with E-state index in [1.807, 2.05) is 37.5 Å². The highest BCUT2D eigenvalue weighted by atomic mass is 35.5. The Morgan fingerprint density at radius 2 is 2.15 bits per heavy atom. The summed E-state index contributed by atoms with van der Waals surface area (Å²) in [6, 6.07) is 5.51. The van der Waals surface area contributed by atoms with Crippen LogP contribution in [0.1, 0.15) is 32.9 Å². The summed E-state index contributed by atoms with van der Waals surface area (Å²) in [7, 11) is 0. The normalized spacial score (nSPS) is 16.5. The van der Waals surface area contributed by atoms with Crippen molar-refractivity contribution in [3.8, 4) is 11.8 Å². The lowest BCUT2D eigenvalue weighted by atomic mass is 10.1. The van der Waals surface area contributed by atoms with Gasteiger partial charge in [-0.15, -0.1) is 0 Å². The molecule has 1 aromatic heterocycles. The number of ether oxygens (including phenoxy) is 2. The Balaban J connectivity index is 1.91. The van der Waals surface area contributed by atoms with Gasteiger partial charge in [-0.25, -0.2) is 4.79 Å². The van der Waals surface area contributed by atoms with E-state index in [4.69, 9.17) is 37.9 Å². The van der Waals surface area contributed by atoms with Gasteiger partial charge in [0.25, 0.3) is 0 Å². The van der Waals surface area contributed by atoms with Crippen LogP contribution in [0.15, 0.2) is 12.1 Å². The van der Waals surface area contributed by atoms with Crippen molar-refractivity contribution in [2.45, 2.75) is 51.8 Å². The number of alkyl carbamates (subject to hydrolysis) is 1. The molecule has 27 heavy (non-hydrogen) atoms. The van der Waals surface area contributed by atoms with Gasteiger partial charge in [0.2, 0.25) is 0 Å². The maximum absolute atomic E-state index is 12.1. The molecule has 1 unspecified atom stereocenters. The fourth-order valence-electron chi connectivity index (χ4n) is 3.27. The fraction of sp³-hybridized carbons (Fsp3) is 0.474. The quantitative estimate of drug-likeness (QED) is 0.797. The van der Waals surface area contributed by atoms with Crippen molar-refractivity contribution >= 4 is 40.2 Å². The number of aromatic nitrogens is 1. The Hall–Kier alpha value is -2.10. The molecule has 6 nitrogen and oxygen atoms in total. The van der Waals surface area contributed by atoms with Crippen LogP contribution in [0.25, 0.3) is 10.9 Å². The SMILES string of the molecule is CC(C)(C)OC(=O)NC1CCc2cc3c(OCC#N)cc(Cl)c(Cl)c3n2C1. The molecule has 0 spiro atoms. The molecule has 1 aliphatic rings. The van der Waals surface area contributed by atoms with E-state index in [1.165, 1.54) is 0 Å². The monoisotopic (exact) mass is 409 g/mol. The van der Waals surface area contributed by atoms with Crippen molar-refractivity contribution in [1.82, 2.24) is 9.88 Å². The van der Waals surface area contributed by atoms with E-state index in [9.17, 15) is 4.79 Å². The zero-order valence-corrected chi connectivity index (χ0v) is 16.9. The Kier molecular flexibility index (Phi) is 5.45. The molecule has 0 bridgehead atoms. The van der Waals surface area contributed by atoms with Crippen molar-refractivity contribution in [2.75, 3.05) is 6.61 Å². The minimum atomic E-state index is -0.548. The van der Waals surface area contributed by atoms with Gasteiger partial charge in [0, 0.05) is 23.7 Å². The molecule has 0 saturated heterocycles. The largest absolute Gasteiger partial charge is 0.478 e. The second kappa shape index (κ2) is 7.49. The third-order valence-corrected chi connectivity index (χ3v) is 5.07. The van der Waals surface area contributed by atoms with Gasteiger partial charge in [-0.3, -0.25) is 0 Å². The van der Waals surface area contributed by atoms with Crippen molar-refractivity contribution in [2.24, 2.45) is 0 Å². The molecule has 2 aromatic rings. The topological polar surface area (TPSA) is 76.3 Å². The minimum absolute atomic E-state index is 0.0730. The first kappa shape index (κ1) is 19.7. The summed E-state index contributed by atoms with van der Waals surface area (Å²) in [5.41, 5.74) is 1.29. The van der Waals surface area contributed by atoms with E-state index in [1.54, 1.807) is 6.07 Å². The first-order valence-corrected chi connectivity index (χ1v) is 9.44. The van der Waals surface area contributed by atoms with Crippen molar-refractivity contribution < 1.29 is 14.3 Å². The molecule has 2 heterocycles. The number of nitrogens with zero attached hydrogens (tertiary/aromatic N) is 2. The number of nitriles is 1. The average molecular weight is 410 g/mol. The molecule has 144 valence electrons. The highest BCUT2D eigenvalue weighted by molar-refractivity contribution is 6.45. The van der Waals surface area contributed by atoms with E-state index < -0.39 is 11.7 Å². The molecule has 0 aliphatic carbocycles. The molecular weight excluding hydrogens is 389 g/mol. The molecule has 0 saturated carbocycles. The fourth-order valence-corrected chi connectivity index (χ4v) is 3.71. The number of fused-ring (bicyclic) bond motifs is 3. The Bertz CT molecular complexity index is 925. The predicted molar refractivity (Wildman–Crippen MR) is 105 cm³/mol. The van der Waals surface area contributed by atoms with E-state index >= 15 is 0 Å². The van der Waals surface area contributed by atoms with Gasteiger partial charge in [0.15, 0.2) is 6.61 Å². The molecule has 8 heteroatoms. The number of hydrogen-bond donors (Lipinski definition) is 1. The highest BCUT2D eigenvalue weighted by Gasteiger charge is 2.27. The van der Waals surface area contributed by atoms with Crippen LogP contribution >= 0.6 is 23.2 Å². The number of nitrogens with one attached hydrogen (secondary N) is 1. The van der Waals surface area contributed by atoms with Gasteiger partial charge in [0.1, 0.15) is 17.4 Å². The number of benzene rings is 1. The van der Waals surface area contributed by atoms with Crippen molar-refractivity contribution in [1.29, 1.82) is 5.26 Å². The zero-order chi connectivity index (χ0) is 19.8. The smallest absolute Gasteiger partial charge is 0.407 e. The molecule has 1 aliphatic heterocycles. The second-order valence-electron chi connectivity index (χ2n) is 7.51. The highest BCUT2D eigenvalue weighted by Crippen LogP contribution is 2.40. The molecule has 3 rings (SSSR count). The molecule has 1 amide bonds. The van der Waals surface area contributed by atoms with Gasteiger partial charge in [-0.05, 0) is 39.7 Å². The molecule has 0 fully saturated rings. The van der Waals surface area contributed by atoms with Crippen LogP contribution in [0.3, 0.4) is 0 Å². The number of halogens is 2. The molecule has 1 N–H and O–H groups in total. The summed E-state index contributed by atoms with van der Waals surface area (Å²) in [5, 5.41) is 13.3. The average Bonchev–Trinajstić information content (AvgIpc) is 2.94. The molecule has 1 aromatic carbocycles. The maximum atomic E-state index is 12.1. The number of hydrogen-bond acceptors (Lipinski definition) is 4. The Morgan fingerprint density at radius 3 is 2.81 bits per heavy atom. The summed E-state index contributed by atoms with van der Waals surface area (Å²) in [6.07, 6.45) is 1.12.